The zero-order valence-electron chi connectivity index (χ0n) is 8.69. The molecule has 1 saturated heterocycles. The van der Waals surface area contributed by atoms with E-state index in [1.165, 1.54) is 6.92 Å². The number of carbonyl (C=O) groups is 2. The normalized spacial score (nSPS) is 24.5. The van der Waals surface area contributed by atoms with E-state index < -0.39 is 18.1 Å². The molecule has 0 aromatic rings. The molecule has 0 saturated carbocycles. The first kappa shape index (κ1) is 11.9. The van der Waals surface area contributed by atoms with E-state index in [2.05, 4.69) is 10.6 Å². The van der Waals surface area contributed by atoms with Crippen molar-refractivity contribution >= 4 is 11.8 Å². The van der Waals surface area contributed by atoms with Crippen LogP contribution in [0.3, 0.4) is 0 Å². The predicted molar refractivity (Wildman–Crippen MR) is 53.8 cm³/mol. The highest BCUT2D eigenvalue weighted by atomic mass is 16.3. The van der Waals surface area contributed by atoms with Crippen LogP contribution in [-0.4, -0.2) is 41.7 Å². The minimum Gasteiger partial charge on any atom is -0.391 e. The quantitative estimate of drug-likeness (QED) is 0.439. The summed E-state index contributed by atoms with van der Waals surface area (Å²) in [5.41, 5.74) is 5.05. The average molecular weight is 215 g/mol. The summed E-state index contributed by atoms with van der Waals surface area (Å²) in [6, 6.07) is -1.29. The second-order valence-corrected chi connectivity index (χ2v) is 3.78. The van der Waals surface area contributed by atoms with E-state index >= 15 is 0 Å². The second-order valence-electron chi connectivity index (χ2n) is 3.78. The van der Waals surface area contributed by atoms with Gasteiger partial charge in [-0.25, -0.2) is 0 Å². The molecule has 6 heteroatoms. The maximum absolute atomic E-state index is 11.6. The molecule has 0 radical (unpaired) electrons. The highest BCUT2D eigenvalue weighted by Crippen LogP contribution is 2.05. The molecule has 86 valence electrons. The van der Waals surface area contributed by atoms with Gasteiger partial charge in [-0.3, -0.25) is 9.59 Å². The fourth-order valence-electron chi connectivity index (χ4n) is 1.59. The summed E-state index contributed by atoms with van der Waals surface area (Å²) < 4.78 is 0. The van der Waals surface area contributed by atoms with Crippen LogP contribution in [0.25, 0.3) is 0 Å². The minimum absolute atomic E-state index is 0.273. The summed E-state index contributed by atoms with van der Waals surface area (Å²) in [7, 11) is 0. The summed E-state index contributed by atoms with van der Waals surface area (Å²) in [4.78, 5) is 22.5. The molecule has 3 unspecified atom stereocenters. The lowest BCUT2D eigenvalue weighted by Gasteiger charge is -2.20. The molecule has 0 aliphatic carbocycles. The molecule has 0 spiro atoms. The van der Waals surface area contributed by atoms with Crippen LogP contribution in [0.1, 0.15) is 19.8 Å². The number of hydrogen-bond acceptors (Lipinski definition) is 4. The lowest BCUT2D eigenvalue weighted by Crippen LogP contribution is -2.54. The van der Waals surface area contributed by atoms with Crippen LogP contribution >= 0.6 is 0 Å². The van der Waals surface area contributed by atoms with E-state index in [-0.39, 0.29) is 11.9 Å². The number of hydrogen-bond donors (Lipinski definition) is 4. The number of rotatable bonds is 4. The van der Waals surface area contributed by atoms with Crippen molar-refractivity contribution in [3.05, 3.63) is 0 Å². The van der Waals surface area contributed by atoms with Crippen LogP contribution in [0.4, 0.5) is 0 Å². The zero-order chi connectivity index (χ0) is 11.4. The number of nitrogens with two attached hydrogens (primary N) is 1. The number of primary amides is 1. The summed E-state index contributed by atoms with van der Waals surface area (Å²) in [5, 5.41) is 14.7. The summed E-state index contributed by atoms with van der Waals surface area (Å²) >= 11 is 0. The maximum atomic E-state index is 11.6. The molecule has 0 aromatic carbocycles. The lowest BCUT2D eigenvalue weighted by atomic mass is 10.1. The molecular formula is C9H17N3O3. The number of carbonyl (C=O) groups excluding carboxylic acids is 2. The number of amides is 2. The molecule has 1 rings (SSSR count). The molecule has 6 nitrogen and oxygen atoms in total. The van der Waals surface area contributed by atoms with E-state index in [1.807, 2.05) is 0 Å². The van der Waals surface area contributed by atoms with E-state index in [4.69, 9.17) is 5.73 Å². The topological polar surface area (TPSA) is 104 Å². The van der Waals surface area contributed by atoms with Gasteiger partial charge in [0, 0.05) is 0 Å². The first-order chi connectivity index (χ1) is 7.02. The van der Waals surface area contributed by atoms with Crippen molar-refractivity contribution < 1.29 is 14.7 Å². The largest absolute Gasteiger partial charge is 0.391 e. The molecule has 0 bridgehead atoms. The first-order valence-corrected chi connectivity index (χ1v) is 5.03. The van der Waals surface area contributed by atoms with E-state index in [0.29, 0.717) is 0 Å². The Morgan fingerprint density at radius 2 is 2.27 bits per heavy atom. The van der Waals surface area contributed by atoms with Gasteiger partial charge in [0.1, 0.15) is 6.04 Å². The standard InChI is InChI=1S/C9H17N3O3/c1-5(13)7(8(10)14)12-9(15)6-3-2-4-11-6/h5-7,11,13H,2-4H2,1H3,(H2,10,14)(H,12,15). The highest BCUT2D eigenvalue weighted by molar-refractivity contribution is 5.89. The van der Waals surface area contributed by atoms with Gasteiger partial charge >= 0.3 is 0 Å². The summed E-state index contributed by atoms with van der Waals surface area (Å²) in [6.07, 6.45) is 0.707. The SMILES string of the molecule is CC(O)C(NC(=O)C1CCCN1)C(N)=O. The molecule has 1 heterocycles. The number of aliphatic hydroxyl groups excluding tert-OH is 1. The van der Waals surface area contributed by atoms with Gasteiger partial charge < -0.3 is 21.5 Å². The fourth-order valence-corrected chi connectivity index (χ4v) is 1.59. The Kier molecular flexibility index (Phi) is 4.05. The Hall–Kier alpha value is -1.14. The maximum Gasteiger partial charge on any atom is 0.242 e. The Bertz CT molecular complexity index is 249. The van der Waals surface area contributed by atoms with Crippen LogP contribution in [0.15, 0.2) is 0 Å². The number of aliphatic hydroxyl groups is 1. The molecule has 0 aromatic heterocycles. The van der Waals surface area contributed by atoms with Crippen molar-refractivity contribution in [3.63, 3.8) is 0 Å². The molecule has 15 heavy (non-hydrogen) atoms. The van der Waals surface area contributed by atoms with Gasteiger partial charge in [0.15, 0.2) is 0 Å². The third-order valence-corrected chi connectivity index (χ3v) is 2.46. The minimum atomic E-state index is -1.01. The first-order valence-electron chi connectivity index (χ1n) is 5.03. The molecule has 1 aliphatic heterocycles. The van der Waals surface area contributed by atoms with Crippen molar-refractivity contribution in [2.24, 2.45) is 5.73 Å². The molecule has 1 fully saturated rings. The van der Waals surface area contributed by atoms with Crippen LogP contribution < -0.4 is 16.4 Å². The van der Waals surface area contributed by atoms with Crippen LogP contribution in [-0.2, 0) is 9.59 Å². The molecule has 5 N–H and O–H groups in total. The van der Waals surface area contributed by atoms with Gasteiger partial charge in [-0.2, -0.15) is 0 Å². The van der Waals surface area contributed by atoms with Crippen molar-refractivity contribution in [1.82, 2.24) is 10.6 Å². The smallest absolute Gasteiger partial charge is 0.242 e. The zero-order valence-corrected chi connectivity index (χ0v) is 8.69. The Labute approximate surface area is 88.2 Å². The molecule has 3 atom stereocenters. The van der Waals surface area contributed by atoms with E-state index in [0.717, 1.165) is 19.4 Å². The summed E-state index contributed by atoms with van der Waals surface area (Å²) in [5.74, 6) is -1.01. The fraction of sp³-hybridized carbons (Fsp3) is 0.778. The van der Waals surface area contributed by atoms with Gasteiger partial charge in [-0.15, -0.1) is 0 Å². The van der Waals surface area contributed by atoms with Gasteiger partial charge in [0.05, 0.1) is 12.1 Å². The Balaban J connectivity index is 2.50. The Morgan fingerprint density at radius 1 is 1.60 bits per heavy atom. The highest BCUT2D eigenvalue weighted by Gasteiger charge is 2.28. The van der Waals surface area contributed by atoms with Crippen LogP contribution in [0, 0.1) is 0 Å². The lowest BCUT2D eigenvalue weighted by molar-refractivity contribution is -0.130. The van der Waals surface area contributed by atoms with E-state index in [9.17, 15) is 14.7 Å². The third kappa shape index (κ3) is 3.17. The van der Waals surface area contributed by atoms with Crippen molar-refractivity contribution in [2.75, 3.05) is 6.54 Å². The second kappa shape index (κ2) is 5.09. The molecule has 1 aliphatic rings. The van der Waals surface area contributed by atoms with Gasteiger partial charge in [0.2, 0.25) is 11.8 Å². The average Bonchev–Trinajstić information content (AvgIpc) is 2.65. The van der Waals surface area contributed by atoms with Crippen molar-refractivity contribution in [3.8, 4) is 0 Å². The van der Waals surface area contributed by atoms with Gasteiger partial charge in [-0.05, 0) is 26.3 Å². The molecule has 2 amide bonds. The summed E-state index contributed by atoms with van der Waals surface area (Å²) in [6.45, 7) is 2.21. The molecular weight excluding hydrogens is 198 g/mol. The van der Waals surface area contributed by atoms with E-state index in [1.54, 1.807) is 0 Å². The van der Waals surface area contributed by atoms with Crippen LogP contribution in [0.2, 0.25) is 0 Å². The van der Waals surface area contributed by atoms with Gasteiger partial charge in [-0.1, -0.05) is 0 Å². The van der Waals surface area contributed by atoms with Crippen LogP contribution in [0.5, 0.6) is 0 Å². The third-order valence-electron chi connectivity index (χ3n) is 2.46. The monoisotopic (exact) mass is 215 g/mol. The predicted octanol–water partition coefficient (Wildman–Crippen LogP) is -1.91. The van der Waals surface area contributed by atoms with Crippen molar-refractivity contribution in [2.45, 2.75) is 38.0 Å². The Morgan fingerprint density at radius 3 is 2.67 bits per heavy atom. The van der Waals surface area contributed by atoms with Gasteiger partial charge in [0.25, 0.3) is 0 Å². The number of nitrogens with one attached hydrogen (secondary N) is 2. The van der Waals surface area contributed by atoms with Crippen molar-refractivity contribution in [1.29, 1.82) is 0 Å².